The molecule has 0 aliphatic carbocycles. The molecule has 1 atom stereocenters. The number of rotatable bonds is 7. The molecule has 0 saturated carbocycles. The first-order valence-corrected chi connectivity index (χ1v) is 12.2. The van der Waals surface area contributed by atoms with Gasteiger partial charge in [-0.05, 0) is 24.6 Å². The highest BCUT2D eigenvalue weighted by molar-refractivity contribution is 7.99. The number of H-pyrrole nitrogens is 1. The molecular weight excluding hydrogens is 480 g/mol. The van der Waals surface area contributed by atoms with E-state index in [9.17, 15) is 14.4 Å². The Kier molecular flexibility index (Phi) is 6.54. The highest BCUT2D eigenvalue weighted by Crippen LogP contribution is 2.30. The summed E-state index contributed by atoms with van der Waals surface area (Å²) in [5.41, 5.74) is 2.27. The quantitative estimate of drug-likeness (QED) is 0.201. The lowest BCUT2D eigenvalue weighted by atomic mass is 9.95. The molecule has 10 nitrogen and oxygen atoms in total. The van der Waals surface area contributed by atoms with Crippen molar-refractivity contribution in [3.8, 4) is 5.69 Å². The van der Waals surface area contributed by atoms with Crippen LogP contribution in [-0.4, -0.2) is 44.1 Å². The molecule has 2 aromatic carbocycles. The van der Waals surface area contributed by atoms with Crippen LogP contribution in [0.5, 0.6) is 0 Å². The minimum absolute atomic E-state index is 0.165. The molecule has 5 rings (SSSR count). The van der Waals surface area contributed by atoms with Crippen molar-refractivity contribution in [2.75, 3.05) is 12.4 Å². The first-order chi connectivity index (χ1) is 17.5. The van der Waals surface area contributed by atoms with E-state index in [4.69, 9.17) is 4.74 Å². The zero-order valence-electron chi connectivity index (χ0n) is 19.2. The Hall–Kier alpha value is -4.38. The third-order valence-corrected chi connectivity index (χ3v) is 6.45. The molecule has 182 valence electrons. The molecule has 11 heteroatoms. The number of para-hydroxylation sites is 1. The Morgan fingerprint density at radius 1 is 1.08 bits per heavy atom. The molecule has 0 fully saturated rings. The van der Waals surface area contributed by atoms with Crippen molar-refractivity contribution < 1.29 is 14.3 Å². The molecule has 2 amide bonds. The van der Waals surface area contributed by atoms with Crippen molar-refractivity contribution in [1.29, 1.82) is 0 Å². The van der Waals surface area contributed by atoms with Crippen LogP contribution in [0.15, 0.2) is 88.1 Å². The second-order valence-corrected chi connectivity index (χ2v) is 8.81. The number of carbonyl (C=O) groups is 2. The number of nitrogens with zero attached hydrogens (tertiary/aromatic N) is 3. The van der Waals surface area contributed by atoms with Gasteiger partial charge in [-0.3, -0.25) is 4.79 Å². The highest BCUT2D eigenvalue weighted by Gasteiger charge is 2.33. The van der Waals surface area contributed by atoms with Gasteiger partial charge in [0.15, 0.2) is 10.8 Å². The van der Waals surface area contributed by atoms with E-state index in [1.165, 1.54) is 18.0 Å². The van der Waals surface area contributed by atoms with Gasteiger partial charge in [-0.25, -0.2) is 19.3 Å². The van der Waals surface area contributed by atoms with Crippen molar-refractivity contribution in [3.05, 3.63) is 94.0 Å². The lowest BCUT2D eigenvalue weighted by Gasteiger charge is -2.29. The molecule has 1 aliphatic heterocycles. The van der Waals surface area contributed by atoms with Gasteiger partial charge < -0.3 is 20.4 Å². The number of aromatic nitrogens is 4. The van der Waals surface area contributed by atoms with E-state index >= 15 is 0 Å². The van der Waals surface area contributed by atoms with E-state index in [2.05, 4.69) is 25.7 Å². The van der Waals surface area contributed by atoms with Crippen molar-refractivity contribution >= 4 is 34.8 Å². The average Bonchev–Trinajstić information content (AvgIpc) is 3.33. The van der Waals surface area contributed by atoms with Crippen LogP contribution in [0.2, 0.25) is 0 Å². The Morgan fingerprint density at radius 2 is 1.81 bits per heavy atom. The number of esters is 1. The standard InChI is InChI=1S/C25H22N6O4S/c1-2-35-23(33)19-18(27-24(34)28-20(19)15-9-5-3-6-10-15)14-36-25-29-21-17(22(32)30-25)13-26-31(21)16-11-7-4-8-12-16/h3-13,20H,2,14H2,1H3,(H2,27,28,34)(H,29,30,32)/t20-/m1/s1. The third-order valence-electron chi connectivity index (χ3n) is 5.55. The molecule has 0 unspecified atom stereocenters. The summed E-state index contributed by atoms with van der Waals surface area (Å²) in [7, 11) is 0. The Bertz CT molecular complexity index is 1510. The second kappa shape index (κ2) is 10.1. The van der Waals surface area contributed by atoms with Crippen molar-refractivity contribution in [3.63, 3.8) is 0 Å². The van der Waals surface area contributed by atoms with E-state index in [-0.39, 0.29) is 17.9 Å². The Balaban J connectivity index is 1.51. The summed E-state index contributed by atoms with van der Waals surface area (Å²) >= 11 is 1.19. The van der Waals surface area contributed by atoms with E-state index < -0.39 is 18.0 Å². The van der Waals surface area contributed by atoms with E-state index in [0.717, 1.165) is 11.3 Å². The number of ether oxygens (including phenoxy) is 1. The number of aromatic amines is 1. The maximum Gasteiger partial charge on any atom is 0.338 e. The lowest BCUT2D eigenvalue weighted by Crippen LogP contribution is -2.46. The fourth-order valence-electron chi connectivity index (χ4n) is 3.94. The number of benzene rings is 2. The molecule has 4 aromatic rings. The zero-order valence-corrected chi connectivity index (χ0v) is 20.0. The molecule has 0 bridgehead atoms. The summed E-state index contributed by atoms with van der Waals surface area (Å²) < 4.78 is 6.89. The summed E-state index contributed by atoms with van der Waals surface area (Å²) in [6.45, 7) is 1.91. The number of carbonyl (C=O) groups excluding carboxylic acids is 2. The van der Waals surface area contributed by atoms with Gasteiger partial charge in [-0.1, -0.05) is 60.3 Å². The summed E-state index contributed by atoms with van der Waals surface area (Å²) in [6.07, 6.45) is 1.47. The Labute approximate surface area is 209 Å². The monoisotopic (exact) mass is 502 g/mol. The zero-order chi connectivity index (χ0) is 25.1. The number of fused-ring (bicyclic) bond motifs is 1. The van der Waals surface area contributed by atoms with Crippen LogP contribution >= 0.6 is 11.8 Å². The Morgan fingerprint density at radius 3 is 2.53 bits per heavy atom. The third kappa shape index (κ3) is 4.60. The highest BCUT2D eigenvalue weighted by atomic mass is 32.2. The number of thioether (sulfide) groups is 1. The summed E-state index contributed by atoms with van der Waals surface area (Å²) in [5.74, 6) is -0.368. The predicted molar refractivity (Wildman–Crippen MR) is 135 cm³/mol. The van der Waals surface area contributed by atoms with Crippen LogP contribution in [0.3, 0.4) is 0 Å². The van der Waals surface area contributed by atoms with E-state index in [1.54, 1.807) is 11.6 Å². The topological polar surface area (TPSA) is 131 Å². The summed E-state index contributed by atoms with van der Waals surface area (Å²) in [6, 6.07) is 17.4. The molecular formula is C25H22N6O4S. The largest absolute Gasteiger partial charge is 0.463 e. The minimum atomic E-state index is -0.677. The van der Waals surface area contributed by atoms with Crippen LogP contribution in [0.25, 0.3) is 16.7 Å². The van der Waals surface area contributed by atoms with E-state index in [0.29, 0.717) is 27.5 Å². The smallest absolute Gasteiger partial charge is 0.338 e. The van der Waals surface area contributed by atoms with Gasteiger partial charge >= 0.3 is 12.0 Å². The van der Waals surface area contributed by atoms with Gasteiger partial charge in [0, 0.05) is 11.4 Å². The second-order valence-electron chi connectivity index (χ2n) is 7.84. The average molecular weight is 503 g/mol. The summed E-state index contributed by atoms with van der Waals surface area (Å²) in [5, 5.41) is 10.5. The molecule has 3 N–H and O–H groups in total. The van der Waals surface area contributed by atoms with Crippen LogP contribution in [-0.2, 0) is 9.53 Å². The van der Waals surface area contributed by atoms with Gasteiger partial charge in [0.05, 0.1) is 30.1 Å². The maximum absolute atomic E-state index is 12.9. The lowest BCUT2D eigenvalue weighted by molar-refractivity contribution is -0.139. The number of nitrogens with one attached hydrogen (secondary N) is 3. The fraction of sp³-hybridized carbons (Fsp3) is 0.160. The van der Waals surface area contributed by atoms with Gasteiger partial charge in [0.25, 0.3) is 5.56 Å². The number of amides is 2. The van der Waals surface area contributed by atoms with Gasteiger partial charge in [-0.15, -0.1) is 0 Å². The van der Waals surface area contributed by atoms with Crippen molar-refractivity contribution in [2.45, 2.75) is 18.1 Å². The van der Waals surface area contributed by atoms with Crippen molar-refractivity contribution in [2.24, 2.45) is 0 Å². The first-order valence-electron chi connectivity index (χ1n) is 11.2. The number of hydrogen-bond acceptors (Lipinski definition) is 7. The number of urea groups is 1. The molecule has 1 aliphatic rings. The number of hydrogen-bond donors (Lipinski definition) is 3. The predicted octanol–water partition coefficient (Wildman–Crippen LogP) is 3.07. The molecule has 2 aromatic heterocycles. The van der Waals surface area contributed by atoms with Crippen LogP contribution in [0, 0.1) is 0 Å². The van der Waals surface area contributed by atoms with Gasteiger partial charge in [0.1, 0.15) is 5.39 Å². The molecule has 36 heavy (non-hydrogen) atoms. The van der Waals surface area contributed by atoms with Crippen LogP contribution < -0.4 is 16.2 Å². The molecule has 0 radical (unpaired) electrons. The summed E-state index contributed by atoms with van der Waals surface area (Å²) in [4.78, 5) is 45.5. The van der Waals surface area contributed by atoms with E-state index in [1.807, 2.05) is 60.7 Å². The van der Waals surface area contributed by atoms with Crippen molar-refractivity contribution in [1.82, 2.24) is 30.4 Å². The fourth-order valence-corrected chi connectivity index (χ4v) is 4.77. The minimum Gasteiger partial charge on any atom is -0.463 e. The molecule has 0 saturated heterocycles. The normalized spacial score (nSPS) is 15.5. The van der Waals surface area contributed by atoms with Crippen LogP contribution in [0.1, 0.15) is 18.5 Å². The van der Waals surface area contributed by atoms with Gasteiger partial charge in [-0.2, -0.15) is 5.10 Å². The maximum atomic E-state index is 12.9. The molecule has 0 spiro atoms. The SMILES string of the molecule is CCOC(=O)C1=C(CSc2nc3c(cnn3-c3ccccc3)c(=O)[nH]2)NC(=O)N[C@@H]1c1ccccc1. The van der Waals surface area contributed by atoms with Crippen LogP contribution in [0.4, 0.5) is 4.79 Å². The first kappa shape index (κ1) is 23.4. The van der Waals surface area contributed by atoms with Gasteiger partial charge in [0.2, 0.25) is 0 Å². The molecule has 3 heterocycles.